The second-order valence-corrected chi connectivity index (χ2v) is 4.95. The van der Waals surface area contributed by atoms with Crippen molar-refractivity contribution in [1.82, 2.24) is 10.3 Å². The Morgan fingerprint density at radius 1 is 1.41 bits per heavy atom. The van der Waals surface area contributed by atoms with Crippen molar-refractivity contribution in [1.29, 1.82) is 0 Å². The van der Waals surface area contributed by atoms with Crippen LogP contribution >= 0.6 is 11.3 Å². The summed E-state index contributed by atoms with van der Waals surface area (Å²) in [5, 5.41) is 16.1. The second kappa shape index (κ2) is 5.29. The van der Waals surface area contributed by atoms with Gasteiger partial charge in [-0.2, -0.15) is 0 Å². The summed E-state index contributed by atoms with van der Waals surface area (Å²) in [6, 6.07) is 7.58. The van der Waals surface area contributed by atoms with Crippen LogP contribution in [0, 0.1) is 6.92 Å². The van der Waals surface area contributed by atoms with E-state index >= 15 is 0 Å². The highest BCUT2D eigenvalue weighted by Gasteiger charge is 2.09. The van der Waals surface area contributed by atoms with Gasteiger partial charge in [-0.1, -0.05) is 18.2 Å². The van der Waals surface area contributed by atoms with Crippen LogP contribution < -0.4 is 5.32 Å². The van der Waals surface area contributed by atoms with Crippen LogP contribution in [0.5, 0.6) is 5.75 Å². The molecular formula is C13H16N2OS. The Balaban J connectivity index is 1.97. The van der Waals surface area contributed by atoms with E-state index < -0.39 is 0 Å². The highest BCUT2D eigenvalue weighted by atomic mass is 32.1. The maximum Gasteiger partial charge on any atom is 0.120 e. The largest absolute Gasteiger partial charge is 0.508 e. The van der Waals surface area contributed by atoms with Gasteiger partial charge in [0.25, 0.3) is 0 Å². The lowest BCUT2D eigenvalue weighted by atomic mass is 10.2. The molecule has 4 heteroatoms. The first-order valence-corrected chi connectivity index (χ1v) is 6.47. The van der Waals surface area contributed by atoms with E-state index in [0.717, 1.165) is 16.3 Å². The monoisotopic (exact) mass is 248 g/mol. The van der Waals surface area contributed by atoms with Crippen molar-refractivity contribution >= 4 is 11.3 Å². The molecule has 1 atom stereocenters. The van der Waals surface area contributed by atoms with E-state index in [9.17, 15) is 5.11 Å². The molecule has 1 unspecified atom stereocenters. The Morgan fingerprint density at radius 2 is 2.18 bits per heavy atom. The minimum absolute atomic E-state index is 0.202. The number of nitrogens with one attached hydrogen (secondary N) is 1. The van der Waals surface area contributed by atoms with Gasteiger partial charge in [0, 0.05) is 23.2 Å². The van der Waals surface area contributed by atoms with E-state index in [0.29, 0.717) is 12.3 Å². The molecule has 0 spiro atoms. The van der Waals surface area contributed by atoms with E-state index in [4.69, 9.17) is 0 Å². The van der Waals surface area contributed by atoms with Crippen LogP contribution in [0.4, 0.5) is 0 Å². The number of aromatic nitrogens is 1. The number of hydrogen-bond acceptors (Lipinski definition) is 4. The zero-order valence-corrected chi connectivity index (χ0v) is 10.8. The van der Waals surface area contributed by atoms with E-state index in [1.54, 1.807) is 17.4 Å². The third-order valence-corrected chi connectivity index (χ3v) is 3.74. The highest BCUT2D eigenvalue weighted by Crippen LogP contribution is 2.20. The van der Waals surface area contributed by atoms with Crippen LogP contribution in [-0.2, 0) is 6.54 Å². The summed E-state index contributed by atoms with van der Waals surface area (Å²) < 4.78 is 0. The van der Waals surface area contributed by atoms with Crippen LogP contribution in [-0.4, -0.2) is 10.1 Å². The topological polar surface area (TPSA) is 45.1 Å². The zero-order chi connectivity index (χ0) is 12.3. The number of aromatic hydroxyl groups is 1. The summed E-state index contributed by atoms with van der Waals surface area (Å²) in [6.45, 7) is 4.72. The summed E-state index contributed by atoms with van der Waals surface area (Å²) in [6.07, 6.45) is 0. The van der Waals surface area contributed by atoms with Crippen LogP contribution in [0.3, 0.4) is 0 Å². The number of aryl methyl sites for hydroxylation is 1. The van der Waals surface area contributed by atoms with Gasteiger partial charge < -0.3 is 10.4 Å². The number of phenolic OH excluding ortho intramolecular Hbond substituents is 1. The number of para-hydroxylation sites is 1. The van der Waals surface area contributed by atoms with Crippen molar-refractivity contribution in [3.05, 3.63) is 45.9 Å². The Kier molecular flexibility index (Phi) is 3.76. The Hall–Kier alpha value is -1.39. The van der Waals surface area contributed by atoms with Gasteiger partial charge in [0.05, 0.1) is 6.04 Å². The number of rotatable bonds is 4. The van der Waals surface area contributed by atoms with E-state index in [2.05, 4.69) is 17.2 Å². The van der Waals surface area contributed by atoms with E-state index in [1.165, 1.54) is 0 Å². The summed E-state index contributed by atoms with van der Waals surface area (Å²) >= 11 is 1.66. The molecule has 0 aliphatic heterocycles. The highest BCUT2D eigenvalue weighted by molar-refractivity contribution is 7.09. The fourth-order valence-corrected chi connectivity index (χ4v) is 2.41. The number of benzene rings is 1. The zero-order valence-electron chi connectivity index (χ0n) is 9.97. The first-order chi connectivity index (χ1) is 8.16. The number of nitrogens with zero attached hydrogens (tertiary/aromatic N) is 1. The molecule has 90 valence electrons. The van der Waals surface area contributed by atoms with Crippen molar-refractivity contribution in [2.24, 2.45) is 0 Å². The Morgan fingerprint density at radius 3 is 2.82 bits per heavy atom. The standard InChI is InChI=1S/C13H16N2OS/c1-9-8-17-13(15-9)10(2)14-7-11-5-3-4-6-12(11)16/h3-6,8,10,14,16H,7H2,1-2H3. The first-order valence-electron chi connectivity index (χ1n) is 5.59. The maximum absolute atomic E-state index is 9.65. The van der Waals surface area contributed by atoms with Crippen molar-refractivity contribution < 1.29 is 5.11 Å². The van der Waals surface area contributed by atoms with Crippen LogP contribution in [0.25, 0.3) is 0 Å². The molecule has 0 aliphatic rings. The van der Waals surface area contributed by atoms with Gasteiger partial charge >= 0.3 is 0 Å². The third kappa shape index (κ3) is 3.05. The molecule has 0 saturated carbocycles. The van der Waals surface area contributed by atoms with E-state index in [-0.39, 0.29) is 6.04 Å². The van der Waals surface area contributed by atoms with Gasteiger partial charge in [-0.05, 0) is 19.9 Å². The molecule has 1 aromatic heterocycles. The van der Waals surface area contributed by atoms with Crippen molar-refractivity contribution in [3.8, 4) is 5.75 Å². The number of thiazole rings is 1. The predicted octanol–water partition coefficient (Wildman–Crippen LogP) is 3.01. The molecule has 2 aromatic rings. The summed E-state index contributed by atoms with van der Waals surface area (Å²) in [5.41, 5.74) is 1.97. The first kappa shape index (κ1) is 12.1. The minimum Gasteiger partial charge on any atom is -0.508 e. The fraction of sp³-hybridized carbons (Fsp3) is 0.308. The molecule has 0 saturated heterocycles. The van der Waals surface area contributed by atoms with Gasteiger partial charge in [0.1, 0.15) is 10.8 Å². The van der Waals surface area contributed by atoms with Crippen molar-refractivity contribution in [3.63, 3.8) is 0 Å². The van der Waals surface area contributed by atoms with E-state index in [1.807, 2.05) is 30.5 Å². The molecule has 17 heavy (non-hydrogen) atoms. The summed E-state index contributed by atoms with van der Waals surface area (Å²) in [5.74, 6) is 0.336. The second-order valence-electron chi connectivity index (χ2n) is 4.06. The molecule has 2 rings (SSSR count). The predicted molar refractivity (Wildman–Crippen MR) is 70.2 cm³/mol. The SMILES string of the molecule is Cc1csc(C(C)NCc2ccccc2O)n1. The Bertz CT molecular complexity index is 496. The molecule has 0 aliphatic carbocycles. The average molecular weight is 248 g/mol. The molecule has 0 radical (unpaired) electrons. The molecule has 2 N–H and O–H groups in total. The number of hydrogen-bond donors (Lipinski definition) is 2. The number of phenols is 1. The minimum atomic E-state index is 0.202. The van der Waals surface area contributed by atoms with Gasteiger partial charge in [-0.25, -0.2) is 4.98 Å². The summed E-state index contributed by atoms with van der Waals surface area (Å²) in [4.78, 5) is 4.44. The molecule has 1 aromatic carbocycles. The van der Waals surface area contributed by atoms with Gasteiger partial charge in [-0.15, -0.1) is 11.3 Å². The molecule has 0 bridgehead atoms. The van der Waals surface area contributed by atoms with Crippen LogP contribution in [0.15, 0.2) is 29.6 Å². The lowest BCUT2D eigenvalue weighted by molar-refractivity contribution is 0.460. The van der Waals surface area contributed by atoms with Gasteiger partial charge in [-0.3, -0.25) is 0 Å². The quantitative estimate of drug-likeness (QED) is 0.874. The van der Waals surface area contributed by atoms with Crippen LogP contribution in [0.1, 0.15) is 29.2 Å². The van der Waals surface area contributed by atoms with Gasteiger partial charge in [0.2, 0.25) is 0 Å². The normalized spacial score (nSPS) is 12.6. The lowest BCUT2D eigenvalue weighted by Gasteiger charge is -2.11. The molecular weight excluding hydrogens is 232 g/mol. The molecule has 1 heterocycles. The summed E-state index contributed by atoms with van der Waals surface area (Å²) in [7, 11) is 0. The fourth-order valence-electron chi connectivity index (χ4n) is 1.58. The van der Waals surface area contributed by atoms with Crippen molar-refractivity contribution in [2.45, 2.75) is 26.4 Å². The van der Waals surface area contributed by atoms with Crippen molar-refractivity contribution in [2.75, 3.05) is 0 Å². The van der Waals surface area contributed by atoms with Crippen LogP contribution in [0.2, 0.25) is 0 Å². The average Bonchev–Trinajstić information content (AvgIpc) is 2.74. The lowest BCUT2D eigenvalue weighted by Crippen LogP contribution is -2.18. The smallest absolute Gasteiger partial charge is 0.120 e. The van der Waals surface area contributed by atoms with Gasteiger partial charge in [0.15, 0.2) is 0 Å². The molecule has 3 nitrogen and oxygen atoms in total. The Labute approximate surface area is 105 Å². The third-order valence-electron chi connectivity index (χ3n) is 2.60. The molecule has 0 amide bonds. The molecule has 0 fully saturated rings. The maximum atomic E-state index is 9.65.